The lowest BCUT2D eigenvalue weighted by molar-refractivity contribution is -0.140. The number of carbonyl (C=O) groups excluding carboxylic acids is 1. The van der Waals surface area contributed by atoms with Gasteiger partial charge in [0, 0.05) is 125 Å². The average molecular weight is 1300 g/mol. The molecule has 2 aromatic carbocycles. The van der Waals surface area contributed by atoms with Crippen LogP contribution in [0.25, 0.3) is 56.1 Å². The second-order valence-electron chi connectivity index (χ2n) is 20.6. The molecule has 10 aromatic rings. The van der Waals surface area contributed by atoms with Crippen LogP contribution in [0.4, 0.5) is 42.3 Å². The average Bonchev–Trinajstić information content (AvgIpc) is 1.67. The Morgan fingerprint density at radius 3 is 1.42 bits per heavy atom. The third-order valence-electron chi connectivity index (χ3n) is 14.9. The van der Waals surface area contributed by atoms with Crippen molar-refractivity contribution in [2.75, 3.05) is 105 Å². The van der Waals surface area contributed by atoms with Crippen LogP contribution in [0.1, 0.15) is 41.9 Å². The van der Waals surface area contributed by atoms with Crippen LogP contribution in [0.5, 0.6) is 0 Å². The molecule has 20 nitrogen and oxygen atoms in total. The van der Waals surface area contributed by atoms with Gasteiger partial charge in [-0.3, -0.25) is 23.3 Å². The maximum atomic E-state index is 13.5. The molecule has 0 bridgehead atoms. The Hall–Kier alpha value is -9.24. The number of aryl methyl sites for hydroxylation is 2. The topological polar surface area (TPSA) is 226 Å². The number of anilines is 6. The number of carbonyl (C=O) groups is 2. The zero-order valence-corrected chi connectivity index (χ0v) is 52.8. The normalized spacial score (nSPS) is 13.2. The van der Waals surface area contributed by atoms with Gasteiger partial charge in [-0.15, -0.1) is 0 Å². The molecule has 12 rings (SSSR count). The summed E-state index contributed by atoms with van der Waals surface area (Å²) in [6.07, 6.45) is 9.33. The lowest BCUT2D eigenvalue weighted by Gasteiger charge is -2.34. The highest BCUT2D eigenvalue weighted by molar-refractivity contribution is 9.09. The van der Waals surface area contributed by atoms with E-state index in [1.807, 2.05) is 82.1 Å². The molecule has 10 heterocycles. The first-order chi connectivity index (χ1) is 43.2. The fourth-order valence-electron chi connectivity index (χ4n) is 10.4. The third-order valence-corrected chi connectivity index (χ3v) is 17.5. The summed E-state index contributed by atoms with van der Waals surface area (Å²) in [6, 6.07) is 32.9. The molecule has 89 heavy (non-hydrogen) atoms. The molecule has 2 N–H and O–H groups in total. The number of ether oxygens (including phenoxy) is 1. The van der Waals surface area contributed by atoms with Crippen LogP contribution >= 0.6 is 38.6 Å². The molecule has 2 fully saturated rings. The number of thiazole rings is 2. The Morgan fingerprint density at radius 2 is 1.04 bits per heavy atom. The van der Waals surface area contributed by atoms with E-state index >= 15 is 0 Å². The fourth-order valence-corrected chi connectivity index (χ4v) is 12.3. The van der Waals surface area contributed by atoms with Gasteiger partial charge in [0.2, 0.25) is 0 Å². The number of carboxylic acids is 1. The Morgan fingerprint density at radius 1 is 0.618 bits per heavy atom. The van der Waals surface area contributed by atoms with Gasteiger partial charge in [0.15, 0.2) is 10.3 Å². The Labute approximate surface area is 529 Å². The van der Waals surface area contributed by atoms with Crippen molar-refractivity contribution in [3.05, 3.63) is 155 Å². The van der Waals surface area contributed by atoms with E-state index < -0.39 is 5.97 Å². The molecule has 0 radical (unpaired) electrons. The molecule has 2 aliphatic heterocycles. The van der Waals surface area contributed by atoms with Crippen LogP contribution in [-0.4, -0.2) is 146 Å². The highest BCUT2D eigenvalue weighted by Crippen LogP contribution is 2.40. The van der Waals surface area contributed by atoms with Crippen molar-refractivity contribution in [1.29, 1.82) is 10.5 Å². The molecular weight excluding hydrogens is 1240 g/mol. The van der Waals surface area contributed by atoms with Crippen LogP contribution in [-0.2, 0) is 27.2 Å². The minimum absolute atomic E-state index is 0.0608. The van der Waals surface area contributed by atoms with Gasteiger partial charge in [-0.05, 0) is 117 Å². The number of carboxylic acid groups (broad SMARTS) is 1. The van der Waals surface area contributed by atoms with Crippen molar-refractivity contribution in [2.45, 2.75) is 33.6 Å². The number of fused-ring (bicyclic) bond motifs is 2. The summed E-state index contributed by atoms with van der Waals surface area (Å²) >= 11 is 5.53. The Kier molecular flexibility index (Phi) is 20.3. The van der Waals surface area contributed by atoms with Gasteiger partial charge in [-0.25, -0.2) is 38.7 Å². The number of pyridine rings is 4. The molecule has 0 unspecified atom stereocenters. The summed E-state index contributed by atoms with van der Waals surface area (Å²) in [6.45, 7) is 13.1. The molecular formula is C64H63BrF2N16O4S2. The Balaban J connectivity index is 0.000000178. The number of halogens is 3. The number of nitriles is 2. The smallest absolute Gasteiger partial charge is 0.317 e. The quantitative estimate of drug-likeness (QED) is 0.0677. The van der Waals surface area contributed by atoms with E-state index in [9.17, 15) is 28.9 Å². The van der Waals surface area contributed by atoms with Crippen LogP contribution in [0.2, 0.25) is 0 Å². The number of imidazole rings is 2. The summed E-state index contributed by atoms with van der Waals surface area (Å²) < 4.78 is 35.6. The van der Waals surface area contributed by atoms with Gasteiger partial charge < -0.3 is 34.8 Å². The van der Waals surface area contributed by atoms with Gasteiger partial charge in [0.1, 0.15) is 84.8 Å². The number of aromatic nitrogens is 8. The van der Waals surface area contributed by atoms with Crippen molar-refractivity contribution >= 4 is 95.4 Å². The SMILES string of the molecule is CCOC(=O)CBr.CCc1nc2ccc(-c3ccc(N4CCN(CC(=O)O)CC4)nc3)cn2c1N(C)c1nc(-c2ccc(F)cc2)c(C#N)s1.CCc1nc2ccc(-c3ccc(N4CCNCC4)nc3)cn2c1N(C)c1nc(-c2ccc(F)cc2)c(C#N)s1. The van der Waals surface area contributed by atoms with Crippen molar-refractivity contribution in [2.24, 2.45) is 0 Å². The molecule has 0 atom stereocenters. The van der Waals surface area contributed by atoms with Crippen LogP contribution in [0.3, 0.4) is 0 Å². The van der Waals surface area contributed by atoms with E-state index in [2.05, 4.69) is 90.6 Å². The zero-order valence-electron chi connectivity index (χ0n) is 49.6. The van der Waals surface area contributed by atoms with Gasteiger partial charge in [0.05, 0.1) is 24.5 Å². The number of aliphatic carboxylic acids is 1. The number of esters is 1. The van der Waals surface area contributed by atoms with Crippen LogP contribution in [0, 0.1) is 34.3 Å². The van der Waals surface area contributed by atoms with Crippen molar-refractivity contribution in [3.63, 3.8) is 0 Å². The van der Waals surface area contributed by atoms with Crippen LogP contribution < -0.4 is 24.9 Å². The monoisotopic (exact) mass is 1300 g/mol. The minimum atomic E-state index is -0.806. The molecule has 25 heteroatoms. The molecule has 456 valence electrons. The third kappa shape index (κ3) is 14.4. The first-order valence-corrected chi connectivity index (χ1v) is 31.6. The fraction of sp³-hybridized carbons (Fsp3) is 0.281. The number of piperazine rings is 2. The van der Waals surface area contributed by atoms with E-state index in [4.69, 9.17) is 35.0 Å². The number of nitrogens with one attached hydrogen (secondary N) is 1. The summed E-state index contributed by atoms with van der Waals surface area (Å²) in [7, 11) is 3.85. The van der Waals surface area contributed by atoms with Crippen molar-refractivity contribution in [3.8, 4) is 56.9 Å². The number of hydrogen-bond acceptors (Lipinski definition) is 19. The number of rotatable bonds is 16. The predicted octanol–water partition coefficient (Wildman–Crippen LogP) is 11.3. The van der Waals surface area contributed by atoms with E-state index in [1.54, 1.807) is 31.2 Å². The molecule has 2 aliphatic rings. The van der Waals surface area contributed by atoms with Gasteiger partial charge in [-0.1, -0.05) is 52.5 Å². The largest absolute Gasteiger partial charge is 0.480 e. The summed E-state index contributed by atoms with van der Waals surface area (Å²) in [5.74, 6) is 1.92. The van der Waals surface area contributed by atoms with Crippen molar-refractivity contribution in [1.82, 2.24) is 48.9 Å². The highest BCUT2D eigenvalue weighted by atomic mass is 79.9. The van der Waals surface area contributed by atoms with Gasteiger partial charge in [0.25, 0.3) is 0 Å². The van der Waals surface area contributed by atoms with E-state index in [0.29, 0.717) is 74.0 Å². The molecule has 2 saturated heterocycles. The molecule has 0 spiro atoms. The van der Waals surface area contributed by atoms with E-state index in [-0.39, 0.29) is 24.1 Å². The number of alkyl halides is 1. The first-order valence-electron chi connectivity index (χ1n) is 28.8. The maximum Gasteiger partial charge on any atom is 0.317 e. The first kappa shape index (κ1) is 62.8. The molecule has 8 aromatic heterocycles. The standard InChI is InChI=1S/C31H29FN8O2S.C29H27FN8S.C4H7BrO2/c1-3-24-30(37(2)31-36-29(25(16-33)43-31)20-4-8-23(32)9-5-20)40-18-22(7-11-27(40)35-24)21-6-10-26(34-17-21)39-14-12-38(13-15-39)19-28(41)42;1-3-23-28(36(2)29-35-27(24(16-31)39-29)19-4-8-22(30)9-5-19)38-18-21(7-11-26(38)34-23)20-6-10-25(33-17-20)37-14-12-32-13-15-37;1-2-7-4(6)3-5/h4-11,17-18H,3,12-15,19H2,1-2H3,(H,41,42);4-11,17-18,32H,3,12-15H2,1-2H3;2-3H2,1H3. The van der Waals surface area contributed by atoms with Gasteiger partial charge >= 0.3 is 11.9 Å². The molecule has 0 saturated carbocycles. The summed E-state index contributed by atoms with van der Waals surface area (Å²) in [5, 5.41) is 33.6. The molecule has 0 amide bonds. The zero-order chi connectivity index (χ0) is 62.7. The van der Waals surface area contributed by atoms with Gasteiger partial charge in [-0.2, -0.15) is 10.5 Å². The maximum absolute atomic E-state index is 13.5. The van der Waals surface area contributed by atoms with E-state index in [0.717, 1.165) is 114 Å². The second kappa shape index (κ2) is 28.7. The predicted molar refractivity (Wildman–Crippen MR) is 348 cm³/mol. The number of hydrogen-bond donors (Lipinski definition) is 2. The molecule has 0 aliphatic carbocycles. The Bertz CT molecular complexity index is 4190. The highest BCUT2D eigenvalue weighted by Gasteiger charge is 2.26. The summed E-state index contributed by atoms with van der Waals surface area (Å²) in [5.41, 5.74) is 9.89. The summed E-state index contributed by atoms with van der Waals surface area (Å²) in [4.78, 5) is 61.2. The number of nitrogens with zero attached hydrogens (tertiary/aromatic N) is 15. The lowest BCUT2D eigenvalue weighted by atomic mass is 10.1. The number of benzene rings is 2. The second-order valence-corrected chi connectivity index (χ2v) is 23.1. The van der Waals surface area contributed by atoms with E-state index in [1.165, 1.54) is 46.9 Å². The lowest BCUT2D eigenvalue weighted by Crippen LogP contribution is -2.48. The van der Waals surface area contributed by atoms with Crippen LogP contribution in [0.15, 0.2) is 122 Å². The van der Waals surface area contributed by atoms with Crippen molar-refractivity contribution < 1.29 is 28.2 Å². The minimum Gasteiger partial charge on any atom is -0.480 e.